The van der Waals surface area contributed by atoms with Crippen molar-refractivity contribution >= 4 is 21.9 Å². The largest absolute Gasteiger partial charge is 0.338 e. The molecule has 2 heterocycles. The Kier molecular flexibility index (Phi) is 4.50. The number of rotatable bonds is 3. The van der Waals surface area contributed by atoms with Crippen LogP contribution in [0.2, 0.25) is 0 Å². The Morgan fingerprint density at radius 3 is 2.72 bits per heavy atom. The molecule has 0 atom stereocenters. The second kappa shape index (κ2) is 6.12. The standard InChI is InChI=1S/C12H16BrN5/c1-2-3-17-4-6-18(7-5-17)12-15-9-10(13)11(8-14)16-12/h9H,2-7H2,1H3. The number of piperazine rings is 1. The van der Waals surface area contributed by atoms with E-state index < -0.39 is 0 Å². The lowest BCUT2D eigenvalue weighted by Crippen LogP contribution is -2.47. The lowest BCUT2D eigenvalue weighted by molar-refractivity contribution is 0.257. The Morgan fingerprint density at radius 1 is 1.39 bits per heavy atom. The van der Waals surface area contributed by atoms with Gasteiger partial charge in [0.05, 0.1) is 4.47 Å². The second-order valence-corrected chi connectivity index (χ2v) is 5.16. The van der Waals surface area contributed by atoms with Crippen molar-refractivity contribution in [1.82, 2.24) is 14.9 Å². The van der Waals surface area contributed by atoms with Gasteiger partial charge < -0.3 is 4.90 Å². The highest BCUT2D eigenvalue weighted by molar-refractivity contribution is 9.10. The van der Waals surface area contributed by atoms with Crippen LogP contribution in [0.15, 0.2) is 10.7 Å². The van der Waals surface area contributed by atoms with Gasteiger partial charge in [-0.25, -0.2) is 9.97 Å². The Hall–Kier alpha value is -1.19. The molecule has 1 aliphatic heterocycles. The summed E-state index contributed by atoms with van der Waals surface area (Å²) < 4.78 is 0.651. The number of anilines is 1. The molecule has 0 radical (unpaired) electrons. The van der Waals surface area contributed by atoms with Crippen molar-refractivity contribution in [1.29, 1.82) is 5.26 Å². The molecule has 6 heteroatoms. The van der Waals surface area contributed by atoms with Crippen molar-refractivity contribution < 1.29 is 0 Å². The molecule has 2 rings (SSSR count). The second-order valence-electron chi connectivity index (χ2n) is 4.31. The van der Waals surface area contributed by atoms with Crippen LogP contribution in [-0.2, 0) is 0 Å². The lowest BCUT2D eigenvalue weighted by atomic mass is 10.3. The van der Waals surface area contributed by atoms with Crippen LogP contribution in [0.25, 0.3) is 0 Å². The molecule has 0 spiro atoms. The quantitative estimate of drug-likeness (QED) is 0.849. The van der Waals surface area contributed by atoms with E-state index in [0.717, 1.165) is 32.7 Å². The van der Waals surface area contributed by atoms with Crippen molar-refractivity contribution in [2.24, 2.45) is 0 Å². The molecule has 0 N–H and O–H groups in total. The zero-order chi connectivity index (χ0) is 13.0. The van der Waals surface area contributed by atoms with E-state index in [1.54, 1.807) is 6.20 Å². The van der Waals surface area contributed by atoms with Crippen molar-refractivity contribution in [3.63, 3.8) is 0 Å². The maximum atomic E-state index is 8.96. The van der Waals surface area contributed by atoms with Crippen LogP contribution in [-0.4, -0.2) is 47.6 Å². The first-order valence-electron chi connectivity index (χ1n) is 6.14. The minimum Gasteiger partial charge on any atom is -0.338 e. The van der Waals surface area contributed by atoms with Gasteiger partial charge >= 0.3 is 0 Å². The Labute approximate surface area is 116 Å². The van der Waals surface area contributed by atoms with E-state index >= 15 is 0 Å². The van der Waals surface area contributed by atoms with Gasteiger partial charge in [0.2, 0.25) is 5.95 Å². The number of nitriles is 1. The topological polar surface area (TPSA) is 56.0 Å². The van der Waals surface area contributed by atoms with E-state index in [9.17, 15) is 0 Å². The molecular formula is C12H16BrN5. The zero-order valence-electron chi connectivity index (χ0n) is 10.4. The van der Waals surface area contributed by atoms with E-state index in [0.29, 0.717) is 16.1 Å². The maximum Gasteiger partial charge on any atom is 0.226 e. The first-order valence-corrected chi connectivity index (χ1v) is 6.94. The maximum absolute atomic E-state index is 8.96. The molecule has 1 saturated heterocycles. The highest BCUT2D eigenvalue weighted by Gasteiger charge is 2.19. The molecule has 5 nitrogen and oxygen atoms in total. The van der Waals surface area contributed by atoms with Crippen LogP contribution in [0.4, 0.5) is 5.95 Å². The van der Waals surface area contributed by atoms with Gasteiger partial charge in [0.25, 0.3) is 0 Å². The number of hydrogen-bond acceptors (Lipinski definition) is 5. The summed E-state index contributed by atoms with van der Waals surface area (Å²) in [4.78, 5) is 13.1. The van der Waals surface area contributed by atoms with Crippen LogP contribution >= 0.6 is 15.9 Å². The highest BCUT2D eigenvalue weighted by atomic mass is 79.9. The van der Waals surface area contributed by atoms with Crippen LogP contribution in [0.5, 0.6) is 0 Å². The first kappa shape index (κ1) is 13.2. The molecule has 1 aromatic rings. The van der Waals surface area contributed by atoms with E-state index in [1.165, 1.54) is 6.42 Å². The fourth-order valence-electron chi connectivity index (χ4n) is 2.08. The number of halogens is 1. The highest BCUT2D eigenvalue weighted by Crippen LogP contribution is 2.17. The Morgan fingerprint density at radius 2 is 2.11 bits per heavy atom. The third-order valence-corrected chi connectivity index (χ3v) is 3.61. The summed E-state index contributed by atoms with van der Waals surface area (Å²) >= 11 is 3.27. The lowest BCUT2D eigenvalue weighted by Gasteiger charge is -2.34. The molecule has 0 unspecified atom stereocenters. The average Bonchev–Trinajstić information content (AvgIpc) is 2.41. The predicted molar refractivity (Wildman–Crippen MR) is 73.4 cm³/mol. The summed E-state index contributed by atoms with van der Waals surface area (Å²) in [6, 6.07) is 2.07. The van der Waals surface area contributed by atoms with E-state index in [-0.39, 0.29) is 0 Å². The monoisotopic (exact) mass is 309 g/mol. The van der Waals surface area contributed by atoms with E-state index in [2.05, 4.69) is 48.7 Å². The zero-order valence-corrected chi connectivity index (χ0v) is 12.0. The van der Waals surface area contributed by atoms with Crippen LogP contribution < -0.4 is 4.90 Å². The molecule has 0 amide bonds. The van der Waals surface area contributed by atoms with Crippen LogP contribution in [0, 0.1) is 11.3 Å². The molecule has 96 valence electrons. The summed E-state index contributed by atoms with van der Waals surface area (Å²) in [6.07, 6.45) is 2.84. The average molecular weight is 310 g/mol. The van der Waals surface area contributed by atoms with E-state index in [4.69, 9.17) is 5.26 Å². The number of hydrogen-bond donors (Lipinski definition) is 0. The molecule has 0 aromatic carbocycles. The Balaban J connectivity index is 2.04. The fourth-order valence-corrected chi connectivity index (χ4v) is 2.36. The van der Waals surface area contributed by atoms with Crippen molar-refractivity contribution in [2.45, 2.75) is 13.3 Å². The number of nitrogens with zero attached hydrogens (tertiary/aromatic N) is 5. The van der Waals surface area contributed by atoms with Gasteiger partial charge in [-0.05, 0) is 28.9 Å². The van der Waals surface area contributed by atoms with Gasteiger partial charge in [0, 0.05) is 32.4 Å². The normalized spacial score (nSPS) is 16.6. The molecule has 0 bridgehead atoms. The summed E-state index contributed by atoms with van der Waals surface area (Å²) in [7, 11) is 0. The third-order valence-electron chi connectivity index (χ3n) is 3.03. The smallest absolute Gasteiger partial charge is 0.226 e. The molecule has 0 saturated carbocycles. The van der Waals surface area contributed by atoms with Gasteiger partial charge in [-0.1, -0.05) is 6.92 Å². The molecule has 18 heavy (non-hydrogen) atoms. The predicted octanol–water partition coefficient (Wildman–Crippen LogP) is 1.64. The summed E-state index contributed by atoms with van der Waals surface area (Å²) in [5.74, 6) is 0.658. The van der Waals surface area contributed by atoms with Crippen molar-refractivity contribution in [3.8, 4) is 6.07 Å². The van der Waals surface area contributed by atoms with Gasteiger partial charge in [-0.2, -0.15) is 5.26 Å². The van der Waals surface area contributed by atoms with Gasteiger partial charge in [-0.3, -0.25) is 4.90 Å². The molecule has 0 aliphatic carbocycles. The molecule has 1 aliphatic rings. The van der Waals surface area contributed by atoms with Gasteiger partial charge in [-0.15, -0.1) is 0 Å². The number of aromatic nitrogens is 2. The van der Waals surface area contributed by atoms with Crippen LogP contribution in [0.1, 0.15) is 19.0 Å². The van der Waals surface area contributed by atoms with Crippen LogP contribution in [0.3, 0.4) is 0 Å². The van der Waals surface area contributed by atoms with Crippen molar-refractivity contribution in [2.75, 3.05) is 37.6 Å². The molecule has 1 aromatic heterocycles. The minimum absolute atomic E-state index is 0.399. The molecule has 1 fully saturated rings. The third kappa shape index (κ3) is 2.98. The summed E-state index contributed by atoms with van der Waals surface area (Å²) in [6.45, 7) is 7.27. The van der Waals surface area contributed by atoms with Gasteiger partial charge in [0.1, 0.15) is 6.07 Å². The fraction of sp³-hybridized carbons (Fsp3) is 0.583. The summed E-state index contributed by atoms with van der Waals surface area (Å²) in [5, 5.41) is 8.96. The van der Waals surface area contributed by atoms with Crippen molar-refractivity contribution in [3.05, 3.63) is 16.4 Å². The van der Waals surface area contributed by atoms with E-state index in [1.807, 2.05) is 0 Å². The first-order chi connectivity index (χ1) is 8.74. The Bertz CT molecular complexity index is 448. The molecular weight excluding hydrogens is 294 g/mol. The SMILES string of the molecule is CCCN1CCN(c2ncc(Br)c(C#N)n2)CC1. The minimum atomic E-state index is 0.399. The van der Waals surface area contributed by atoms with Gasteiger partial charge in [0.15, 0.2) is 5.69 Å². The summed E-state index contributed by atoms with van der Waals surface area (Å²) in [5.41, 5.74) is 0.399.